The van der Waals surface area contributed by atoms with Crippen LogP contribution in [0.1, 0.15) is 5.56 Å². The number of ether oxygens (including phenoxy) is 1. The van der Waals surface area contributed by atoms with Gasteiger partial charge in [0.2, 0.25) is 5.88 Å². The lowest BCUT2D eigenvalue weighted by Gasteiger charge is -2.07. The third-order valence-electron chi connectivity index (χ3n) is 3.03. The number of aromatic nitrogens is 3. The number of pyridine rings is 1. The standard InChI is InChI=1S/C15H14N4O/c1-10-6-15(17-9-14(10)16)20-13-4-2-11(3-5-13)12-7-18-19-8-12/h2-9H,16H2,1H3,(H,18,19). The van der Waals surface area contributed by atoms with Gasteiger partial charge in [-0.25, -0.2) is 4.98 Å². The second-order valence-electron chi connectivity index (χ2n) is 4.49. The molecule has 0 saturated carbocycles. The first-order valence-electron chi connectivity index (χ1n) is 6.21. The lowest BCUT2D eigenvalue weighted by Crippen LogP contribution is -1.93. The lowest BCUT2D eigenvalue weighted by molar-refractivity contribution is 0.463. The van der Waals surface area contributed by atoms with E-state index in [9.17, 15) is 0 Å². The molecule has 5 nitrogen and oxygen atoms in total. The van der Waals surface area contributed by atoms with Crippen molar-refractivity contribution in [2.45, 2.75) is 6.92 Å². The number of aryl methyl sites for hydroxylation is 1. The van der Waals surface area contributed by atoms with Crippen LogP contribution in [0, 0.1) is 6.92 Å². The molecule has 0 fully saturated rings. The van der Waals surface area contributed by atoms with Gasteiger partial charge in [-0.05, 0) is 30.2 Å². The van der Waals surface area contributed by atoms with Crippen molar-refractivity contribution in [2.75, 3.05) is 5.73 Å². The zero-order valence-electron chi connectivity index (χ0n) is 11.0. The van der Waals surface area contributed by atoms with Gasteiger partial charge in [0.15, 0.2) is 0 Å². The number of anilines is 1. The largest absolute Gasteiger partial charge is 0.439 e. The lowest BCUT2D eigenvalue weighted by atomic mass is 10.1. The summed E-state index contributed by atoms with van der Waals surface area (Å²) in [6.45, 7) is 1.92. The van der Waals surface area contributed by atoms with E-state index in [1.165, 1.54) is 0 Å². The molecule has 2 aromatic heterocycles. The minimum Gasteiger partial charge on any atom is -0.439 e. The molecule has 0 saturated heterocycles. The van der Waals surface area contributed by atoms with E-state index in [2.05, 4.69) is 15.2 Å². The molecular weight excluding hydrogens is 252 g/mol. The highest BCUT2D eigenvalue weighted by molar-refractivity contribution is 5.62. The summed E-state index contributed by atoms with van der Waals surface area (Å²) in [5, 5.41) is 6.72. The van der Waals surface area contributed by atoms with E-state index in [1.807, 2.05) is 43.5 Å². The summed E-state index contributed by atoms with van der Waals surface area (Å²) in [4.78, 5) is 4.14. The number of hydrogen-bond acceptors (Lipinski definition) is 4. The summed E-state index contributed by atoms with van der Waals surface area (Å²) in [5.41, 5.74) is 9.45. The Balaban J connectivity index is 1.79. The van der Waals surface area contributed by atoms with Gasteiger partial charge < -0.3 is 10.5 Å². The van der Waals surface area contributed by atoms with Crippen molar-refractivity contribution in [3.63, 3.8) is 0 Å². The van der Waals surface area contributed by atoms with Gasteiger partial charge in [0.1, 0.15) is 5.75 Å². The van der Waals surface area contributed by atoms with Crippen LogP contribution in [0.5, 0.6) is 11.6 Å². The van der Waals surface area contributed by atoms with Crippen molar-refractivity contribution in [3.8, 4) is 22.8 Å². The summed E-state index contributed by atoms with van der Waals surface area (Å²) >= 11 is 0. The molecular formula is C15H14N4O. The first-order valence-corrected chi connectivity index (χ1v) is 6.21. The Morgan fingerprint density at radius 2 is 1.90 bits per heavy atom. The average Bonchev–Trinajstić information content (AvgIpc) is 2.98. The molecule has 3 aromatic rings. The zero-order chi connectivity index (χ0) is 13.9. The highest BCUT2D eigenvalue weighted by Crippen LogP contribution is 2.25. The Labute approximate surface area is 116 Å². The van der Waals surface area contributed by atoms with Gasteiger partial charge in [-0.3, -0.25) is 5.10 Å². The maximum atomic E-state index is 5.73. The number of nitrogens with zero attached hydrogens (tertiary/aromatic N) is 2. The van der Waals surface area contributed by atoms with E-state index >= 15 is 0 Å². The van der Waals surface area contributed by atoms with Crippen LogP contribution in [0.15, 0.2) is 48.9 Å². The Bertz CT molecular complexity index is 705. The molecule has 0 spiro atoms. The van der Waals surface area contributed by atoms with Crippen molar-refractivity contribution in [3.05, 3.63) is 54.5 Å². The highest BCUT2D eigenvalue weighted by Gasteiger charge is 2.03. The zero-order valence-corrected chi connectivity index (χ0v) is 11.0. The van der Waals surface area contributed by atoms with Crippen molar-refractivity contribution in [2.24, 2.45) is 0 Å². The summed E-state index contributed by atoms with van der Waals surface area (Å²) in [6.07, 6.45) is 5.23. The minimum absolute atomic E-state index is 0.535. The summed E-state index contributed by atoms with van der Waals surface area (Å²) in [5.74, 6) is 1.27. The van der Waals surface area contributed by atoms with E-state index in [-0.39, 0.29) is 0 Å². The van der Waals surface area contributed by atoms with Gasteiger partial charge in [0.25, 0.3) is 0 Å². The normalized spacial score (nSPS) is 10.4. The molecule has 0 bridgehead atoms. The maximum Gasteiger partial charge on any atom is 0.219 e. The smallest absolute Gasteiger partial charge is 0.219 e. The second kappa shape index (κ2) is 5.05. The SMILES string of the molecule is Cc1cc(Oc2ccc(-c3cn[nH]c3)cc2)ncc1N. The molecule has 3 rings (SSSR count). The molecule has 0 unspecified atom stereocenters. The molecule has 20 heavy (non-hydrogen) atoms. The molecule has 0 aliphatic rings. The molecule has 100 valence electrons. The third kappa shape index (κ3) is 2.47. The van der Waals surface area contributed by atoms with Crippen LogP contribution in [0.4, 0.5) is 5.69 Å². The Hall–Kier alpha value is -2.82. The van der Waals surface area contributed by atoms with Crippen molar-refractivity contribution in [1.82, 2.24) is 15.2 Å². The van der Waals surface area contributed by atoms with Gasteiger partial charge in [-0.15, -0.1) is 0 Å². The third-order valence-corrected chi connectivity index (χ3v) is 3.03. The minimum atomic E-state index is 0.535. The van der Waals surface area contributed by atoms with Crippen molar-refractivity contribution < 1.29 is 4.74 Å². The number of H-pyrrole nitrogens is 1. The van der Waals surface area contributed by atoms with Crippen LogP contribution < -0.4 is 10.5 Å². The predicted octanol–water partition coefficient (Wildman–Crippen LogP) is 3.15. The fourth-order valence-corrected chi connectivity index (χ4v) is 1.84. The Kier molecular flexibility index (Phi) is 3.09. The monoisotopic (exact) mass is 266 g/mol. The van der Waals surface area contributed by atoms with Gasteiger partial charge in [-0.2, -0.15) is 5.10 Å². The number of rotatable bonds is 3. The number of nitrogens with one attached hydrogen (secondary N) is 1. The van der Waals surface area contributed by atoms with Gasteiger partial charge >= 0.3 is 0 Å². The van der Waals surface area contributed by atoms with E-state index in [1.54, 1.807) is 12.4 Å². The van der Waals surface area contributed by atoms with Gasteiger partial charge in [0, 0.05) is 17.8 Å². The van der Waals surface area contributed by atoms with Crippen molar-refractivity contribution >= 4 is 5.69 Å². The highest BCUT2D eigenvalue weighted by atomic mass is 16.5. The first-order chi connectivity index (χ1) is 9.72. The molecule has 0 atom stereocenters. The molecule has 1 aromatic carbocycles. The Morgan fingerprint density at radius 3 is 2.55 bits per heavy atom. The number of nitrogens with two attached hydrogens (primary N) is 1. The second-order valence-corrected chi connectivity index (χ2v) is 4.49. The number of nitrogen functional groups attached to an aromatic ring is 1. The van der Waals surface area contributed by atoms with E-state index in [4.69, 9.17) is 10.5 Å². The fourth-order valence-electron chi connectivity index (χ4n) is 1.84. The van der Waals surface area contributed by atoms with E-state index in [0.717, 1.165) is 22.4 Å². The molecule has 0 amide bonds. The van der Waals surface area contributed by atoms with Crippen LogP contribution >= 0.6 is 0 Å². The predicted molar refractivity (Wildman–Crippen MR) is 77.5 cm³/mol. The maximum absolute atomic E-state index is 5.73. The molecule has 2 heterocycles. The fraction of sp³-hybridized carbons (Fsp3) is 0.0667. The molecule has 3 N–H and O–H groups in total. The molecule has 0 aliphatic carbocycles. The van der Waals surface area contributed by atoms with Crippen LogP contribution in [0.2, 0.25) is 0 Å². The van der Waals surface area contributed by atoms with E-state index < -0.39 is 0 Å². The molecule has 0 aliphatic heterocycles. The Morgan fingerprint density at radius 1 is 1.10 bits per heavy atom. The van der Waals surface area contributed by atoms with Crippen molar-refractivity contribution in [1.29, 1.82) is 0 Å². The van der Waals surface area contributed by atoms with Gasteiger partial charge in [0.05, 0.1) is 18.1 Å². The van der Waals surface area contributed by atoms with Crippen LogP contribution in [-0.2, 0) is 0 Å². The van der Waals surface area contributed by atoms with Gasteiger partial charge in [-0.1, -0.05) is 12.1 Å². The number of benzene rings is 1. The molecule has 0 radical (unpaired) electrons. The van der Waals surface area contributed by atoms with Crippen LogP contribution in [0.25, 0.3) is 11.1 Å². The quantitative estimate of drug-likeness (QED) is 0.763. The summed E-state index contributed by atoms with van der Waals surface area (Å²) in [6, 6.07) is 9.57. The molecule has 5 heteroatoms. The van der Waals surface area contributed by atoms with E-state index in [0.29, 0.717) is 11.6 Å². The van der Waals surface area contributed by atoms with Crippen LogP contribution in [0.3, 0.4) is 0 Å². The first kappa shape index (κ1) is 12.2. The number of aromatic amines is 1. The summed E-state index contributed by atoms with van der Waals surface area (Å²) < 4.78 is 5.70. The summed E-state index contributed by atoms with van der Waals surface area (Å²) in [7, 11) is 0. The van der Waals surface area contributed by atoms with Crippen LogP contribution in [-0.4, -0.2) is 15.2 Å². The number of hydrogen-bond donors (Lipinski definition) is 2. The average molecular weight is 266 g/mol. The topological polar surface area (TPSA) is 76.8 Å².